The first kappa shape index (κ1) is 17.7. The van der Waals surface area contributed by atoms with Crippen molar-refractivity contribution in [3.8, 4) is 5.75 Å². The molecule has 2 N–H and O–H groups in total. The molecule has 132 valence electrons. The number of phenolic OH excluding ortho intramolecular Hbond substituents is 1. The predicted octanol–water partition coefficient (Wildman–Crippen LogP) is 4.50. The molecule has 0 aliphatic rings. The normalized spacial score (nSPS) is 11.6. The van der Waals surface area contributed by atoms with Crippen LogP contribution in [0.25, 0.3) is 12.2 Å². The van der Waals surface area contributed by atoms with Crippen LogP contribution in [-0.2, 0) is 10.0 Å². The molecule has 0 spiro atoms. The molecule has 0 bridgehead atoms. The SMILES string of the molecule is O=S(=O)(Nc1ccc(F)cc1/C=C/c1ccccc1O)c1ccccc1. The average molecular weight is 369 g/mol. The van der Waals surface area contributed by atoms with Crippen molar-refractivity contribution >= 4 is 27.9 Å². The smallest absolute Gasteiger partial charge is 0.261 e. The topological polar surface area (TPSA) is 66.4 Å². The van der Waals surface area contributed by atoms with E-state index < -0.39 is 15.8 Å². The van der Waals surface area contributed by atoms with Crippen molar-refractivity contribution in [2.45, 2.75) is 4.90 Å². The Balaban J connectivity index is 1.95. The minimum atomic E-state index is -3.80. The number of phenols is 1. The van der Waals surface area contributed by atoms with Crippen LogP contribution in [0.15, 0.2) is 77.7 Å². The molecule has 0 aliphatic carbocycles. The van der Waals surface area contributed by atoms with Gasteiger partial charge in [0.15, 0.2) is 0 Å². The third-order valence-corrected chi connectivity index (χ3v) is 5.07. The summed E-state index contributed by atoms with van der Waals surface area (Å²) in [5, 5.41) is 9.81. The molecule has 0 aromatic heterocycles. The molecule has 6 heteroatoms. The fourth-order valence-electron chi connectivity index (χ4n) is 2.38. The molecule has 0 fully saturated rings. The zero-order valence-corrected chi connectivity index (χ0v) is 14.4. The van der Waals surface area contributed by atoms with Gasteiger partial charge in [0.25, 0.3) is 10.0 Å². The van der Waals surface area contributed by atoms with Crippen molar-refractivity contribution in [1.29, 1.82) is 0 Å². The van der Waals surface area contributed by atoms with Gasteiger partial charge in [-0.1, -0.05) is 48.6 Å². The van der Waals surface area contributed by atoms with Gasteiger partial charge in [-0.2, -0.15) is 0 Å². The number of anilines is 1. The van der Waals surface area contributed by atoms with E-state index in [9.17, 15) is 17.9 Å². The van der Waals surface area contributed by atoms with Gasteiger partial charge in [0.1, 0.15) is 11.6 Å². The van der Waals surface area contributed by atoms with E-state index in [1.807, 2.05) is 0 Å². The molecule has 0 radical (unpaired) electrons. The fourth-order valence-corrected chi connectivity index (χ4v) is 3.48. The van der Waals surface area contributed by atoms with E-state index in [2.05, 4.69) is 4.72 Å². The Morgan fingerprint density at radius 3 is 2.23 bits per heavy atom. The van der Waals surface area contributed by atoms with Gasteiger partial charge in [-0.25, -0.2) is 12.8 Å². The Morgan fingerprint density at radius 1 is 0.846 bits per heavy atom. The van der Waals surface area contributed by atoms with E-state index in [-0.39, 0.29) is 16.3 Å². The van der Waals surface area contributed by atoms with Gasteiger partial charge in [0, 0.05) is 11.1 Å². The van der Waals surface area contributed by atoms with Crippen LogP contribution in [-0.4, -0.2) is 13.5 Å². The Morgan fingerprint density at radius 2 is 1.50 bits per heavy atom. The molecule has 3 rings (SSSR count). The number of hydrogen-bond acceptors (Lipinski definition) is 3. The molecule has 0 saturated carbocycles. The summed E-state index contributed by atoms with van der Waals surface area (Å²) in [6.45, 7) is 0. The van der Waals surface area contributed by atoms with Crippen molar-refractivity contribution in [2.24, 2.45) is 0 Å². The van der Waals surface area contributed by atoms with Crippen molar-refractivity contribution in [3.63, 3.8) is 0 Å². The molecular formula is C20H16FNO3S. The fraction of sp³-hybridized carbons (Fsp3) is 0. The molecule has 0 aliphatic heterocycles. The Bertz CT molecular complexity index is 1050. The monoisotopic (exact) mass is 369 g/mol. The number of benzene rings is 3. The number of halogens is 1. The van der Waals surface area contributed by atoms with E-state index in [0.717, 1.165) is 0 Å². The first-order valence-electron chi connectivity index (χ1n) is 7.79. The molecule has 26 heavy (non-hydrogen) atoms. The summed E-state index contributed by atoms with van der Waals surface area (Å²) in [4.78, 5) is 0.111. The van der Waals surface area contributed by atoms with Gasteiger partial charge in [0.05, 0.1) is 10.6 Å². The van der Waals surface area contributed by atoms with E-state index in [1.165, 1.54) is 36.4 Å². The average Bonchev–Trinajstić information content (AvgIpc) is 2.63. The Labute approximate surface area is 151 Å². The second-order valence-corrected chi connectivity index (χ2v) is 7.22. The summed E-state index contributed by atoms with van der Waals surface area (Å²) in [6.07, 6.45) is 3.13. The lowest BCUT2D eigenvalue weighted by Gasteiger charge is -2.11. The zero-order valence-electron chi connectivity index (χ0n) is 13.6. The highest BCUT2D eigenvalue weighted by atomic mass is 32.2. The molecule has 0 unspecified atom stereocenters. The molecule has 0 heterocycles. The standard InChI is InChI=1S/C20H16FNO3S/c21-17-12-13-19(22-26(24,25)18-7-2-1-3-8-18)16(14-17)11-10-15-6-4-5-9-20(15)23/h1-14,22-23H/b11-10+. The van der Waals surface area contributed by atoms with E-state index >= 15 is 0 Å². The van der Waals surface area contributed by atoms with Gasteiger partial charge in [0.2, 0.25) is 0 Å². The third kappa shape index (κ3) is 4.10. The third-order valence-electron chi connectivity index (χ3n) is 3.69. The molecule has 4 nitrogen and oxygen atoms in total. The largest absolute Gasteiger partial charge is 0.507 e. The summed E-state index contributed by atoms with van der Waals surface area (Å²) < 4.78 is 41.1. The Kier molecular flexibility index (Phi) is 5.04. The molecule has 3 aromatic carbocycles. The number of aromatic hydroxyl groups is 1. The summed E-state index contributed by atoms with van der Waals surface area (Å²) in [5.41, 5.74) is 1.11. The Hall–Kier alpha value is -3.12. The lowest BCUT2D eigenvalue weighted by molar-refractivity contribution is 0.474. The zero-order chi connectivity index (χ0) is 18.6. The summed E-state index contributed by atoms with van der Waals surface area (Å²) in [7, 11) is -3.80. The highest BCUT2D eigenvalue weighted by Crippen LogP contribution is 2.25. The van der Waals surface area contributed by atoms with Crippen LogP contribution < -0.4 is 4.72 Å². The van der Waals surface area contributed by atoms with Crippen LogP contribution in [0.4, 0.5) is 10.1 Å². The maximum Gasteiger partial charge on any atom is 0.261 e. The summed E-state index contributed by atoms with van der Waals surface area (Å²) in [6, 6.07) is 18.3. The number of para-hydroxylation sites is 1. The summed E-state index contributed by atoms with van der Waals surface area (Å²) >= 11 is 0. The highest BCUT2D eigenvalue weighted by molar-refractivity contribution is 7.92. The second-order valence-electron chi connectivity index (χ2n) is 5.54. The van der Waals surface area contributed by atoms with Crippen LogP contribution in [0.2, 0.25) is 0 Å². The van der Waals surface area contributed by atoms with Crippen molar-refractivity contribution in [1.82, 2.24) is 0 Å². The van der Waals surface area contributed by atoms with Crippen LogP contribution in [0.5, 0.6) is 5.75 Å². The molecule has 3 aromatic rings. The van der Waals surface area contributed by atoms with Crippen molar-refractivity contribution < 1.29 is 17.9 Å². The second kappa shape index (κ2) is 7.41. The van der Waals surface area contributed by atoms with Gasteiger partial charge in [-0.05, 0) is 36.4 Å². The minimum Gasteiger partial charge on any atom is -0.507 e. The van der Waals surface area contributed by atoms with Gasteiger partial charge < -0.3 is 5.11 Å². The van der Waals surface area contributed by atoms with Crippen LogP contribution in [0.1, 0.15) is 11.1 Å². The van der Waals surface area contributed by atoms with Crippen LogP contribution in [0.3, 0.4) is 0 Å². The van der Waals surface area contributed by atoms with E-state index in [4.69, 9.17) is 0 Å². The number of rotatable bonds is 5. The number of nitrogens with one attached hydrogen (secondary N) is 1. The summed E-state index contributed by atoms with van der Waals surface area (Å²) in [5.74, 6) is -0.420. The quantitative estimate of drug-likeness (QED) is 0.651. The van der Waals surface area contributed by atoms with Crippen LogP contribution >= 0.6 is 0 Å². The van der Waals surface area contributed by atoms with Gasteiger partial charge in [-0.15, -0.1) is 0 Å². The molecular weight excluding hydrogens is 353 g/mol. The van der Waals surface area contributed by atoms with E-state index in [0.29, 0.717) is 11.1 Å². The number of sulfonamides is 1. The first-order chi connectivity index (χ1) is 12.5. The van der Waals surface area contributed by atoms with Crippen molar-refractivity contribution in [3.05, 3.63) is 89.7 Å². The lowest BCUT2D eigenvalue weighted by atomic mass is 10.1. The van der Waals surface area contributed by atoms with Crippen LogP contribution in [0, 0.1) is 5.82 Å². The molecule has 0 amide bonds. The van der Waals surface area contributed by atoms with E-state index in [1.54, 1.807) is 48.6 Å². The van der Waals surface area contributed by atoms with Crippen molar-refractivity contribution in [2.75, 3.05) is 4.72 Å². The maximum absolute atomic E-state index is 13.6. The lowest BCUT2D eigenvalue weighted by Crippen LogP contribution is -2.13. The highest BCUT2D eigenvalue weighted by Gasteiger charge is 2.15. The van der Waals surface area contributed by atoms with Gasteiger partial charge >= 0.3 is 0 Å². The maximum atomic E-state index is 13.6. The predicted molar refractivity (Wildman–Crippen MR) is 101 cm³/mol. The minimum absolute atomic E-state index is 0.0755. The molecule has 0 atom stereocenters. The first-order valence-corrected chi connectivity index (χ1v) is 9.27. The van der Waals surface area contributed by atoms with Gasteiger partial charge in [-0.3, -0.25) is 4.72 Å². The number of hydrogen-bond donors (Lipinski definition) is 2. The molecule has 0 saturated heterocycles.